The van der Waals surface area contributed by atoms with E-state index in [2.05, 4.69) is 29.9 Å². The van der Waals surface area contributed by atoms with E-state index in [0.29, 0.717) is 59.9 Å². The van der Waals surface area contributed by atoms with Crippen molar-refractivity contribution in [3.63, 3.8) is 0 Å². The van der Waals surface area contributed by atoms with Crippen molar-refractivity contribution in [1.29, 1.82) is 0 Å². The van der Waals surface area contributed by atoms with Gasteiger partial charge in [0.25, 0.3) is 6.43 Å². The molecule has 2 fully saturated rings. The molecule has 0 radical (unpaired) electrons. The first-order valence-electron chi connectivity index (χ1n) is 12.1. The highest BCUT2D eigenvalue weighted by Crippen LogP contribution is 2.26. The third-order valence-electron chi connectivity index (χ3n) is 6.72. The van der Waals surface area contributed by atoms with E-state index in [1.807, 2.05) is 0 Å². The van der Waals surface area contributed by atoms with E-state index in [1.54, 1.807) is 35.8 Å². The lowest BCUT2D eigenvalue weighted by Crippen LogP contribution is -2.55. The Morgan fingerprint density at radius 2 is 2.14 bits per heavy atom. The lowest BCUT2D eigenvalue weighted by atomic mass is 10.0. The number of aromatic nitrogens is 6. The number of hydrogen-bond donors (Lipinski definition) is 1. The van der Waals surface area contributed by atoms with Crippen LogP contribution in [-0.2, 0) is 11.3 Å². The summed E-state index contributed by atoms with van der Waals surface area (Å²) >= 11 is 0. The van der Waals surface area contributed by atoms with E-state index >= 15 is 0 Å². The fraction of sp³-hybridized carbons (Fsp3) is 0.478. The molecule has 184 valence electrons. The molecule has 2 aliphatic heterocycles. The Morgan fingerprint density at radius 1 is 1.29 bits per heavy atom. The minimum atomic E-state index is -2.54. The number of rotatable bonds is 5. The number of aryl methyl sites for hydroxylation is 1. The fourth-order valence-corrected chi connectivity index (χ4v) is 4.75. The van der Waals surface area contributed by atoms with Gasteiger partial charge in [-0.05, 0) is 31.5 Å². The summed E-state index contributed by atoms with van der Waals surface area (Å²) in [5.74, 6) is 0.456. The Morgan fingerprint density at radius 3 is 2.89 bits per heavy atom. The summed E-state index contributed by atoms with van der Waals surface area (Å²) in [6, 6.07) is 4.98. The Labute approximate surface area is 199 Å². The molecule has 4 aromatic heterocycles. The first-order chi connectivity index (χ1) is 17.4. The van der Waals surface area contributed by atoms with Crippen molar-refractivity contribution in [1.82, 2.24) is 34.0 Å². The number of nitrogens with one attached hydrogen (secondary N) is 1. The van der Waals surface area contributed by atoms with Gasteiger partial charge in [0.15, 0.2) is 5.65 Å². The molecular weight excluding hydrogens is 461 g/mol. The van der Waals surface area contributed by atoms with Gasteiger partial charge in [0.05, 0.1) is 50.6 Å². The van der Waals surface area contributed by atoms with Gasteiger partial charge >= 0.3 is 0 Å². The maximum Gasteiger partial charge on any atom is 0.256 e. The van der Waals surface area contributed by atoms with Gasteiger partial charge in [-0.3, -0.25) is 14.5 Å². The standard InChI is InChI=1S/C23H25F3N8O/c1-13-28-19-3-2-17(29-22(19)33(13)10-21(25)26)15-4-7-34-20(15)8-27-23(31-34)30-18-5-6-32(9-16(18)24)14-11-35-12-14/h2-4,7-8,14,16,18,21H,5-6,9-12H2,1H3,(H,30,31)/t16-,18+/m1/s1/i8D. The van der Waals surface area contributed by atoms with E-state index < -0.39 is 25.2 Å². The number of nitrogens with zero attached hydrogens (tertiary/aromatic N) is 7. The predicted octanol–water partition coefficient (Wildman–Crippen LogP) is 2.36. The number of aromatic amines is 1. The predicted molar refractivity (Wildman–Crippen MR) is 122 cm³/mol. The second-order valence-electron chi connectivity index (χ2n) is 8.99. The van der Waals surface area contributed by atoms with Crippen molar-refractivity contribution in [2.45, 2.75) is 44.6 Å². The van der Waals surface area contributed by atoms with Crippen LogP contribution in [0.2, 0.25) is 0 Å². The molecule has 0 saturated carbocycles. The molecule has 0 aromatic carbocycles. The smallest absolute Gasteiger partial charge is 0.256 e. The number of fused-ring (bicyclic) bond motifs is 2. The molecule has 6 heterocycles. The number of H-pyrrole nitrogens is 1. The van der Waals surface area contributed by atoms with E-state index in [9.17, 15) is 13.2 Å². The molecule has 2 saturated heterocycles. The van der Waals surface area contributed by atoms with Crippen LogP contribution >= 0.6 is 0 Å². The van der Waals surface area contributed by atoms with Gasteiger partial charge in [-0.15, -0.1) is 0 Å². The average molecular weight is 488 g/mol. The number of alkyl halides is 3. The number of ether oxygens (including phenoxy) is 1. The number of hydrogen-bond acceptors (Lipinski definition) is 6. The van der Waals surface area contributed by atoms with Gasteiger partial charge < -0.3 is 9.30 Å². The molecule has 2 aliphatic rings. The Bertz CT molecular complexity index is 1490. The van der Waals surface area contributed by atoms with Crippen molar-refractivity contribution < 1.29 is 19.3 Å². The summed E-state index contributed by atoms with van der Waals surface area (Å²) < 4.78 is 57.8. The van der Waals surface area contributed by atoms with Gasteiger partial charge in [0.1, 0.15) is 17.5 Å². The summed E-state index contributed by atoms with van der Waals surface area (Å²) in [6.45, 7) is 3.51. The minimum absolute atomic E-state index is 0.0499. The van der Waals surface area contributed by atoms with Crippen LogP contribution in [-0.4, -0.2) is 85.0 Å². The van der Waals surface area contributed by atoms with Crippen LogP contribution in [0.5, 0.6) is 0 Å². The monoisotopic (exact) mass is 487 g/mol. The summed E-state index contributed by atoms with van der Waals surface area (Å²) in [5.41, 5.74) is 2.62. The highest BCUT2D eigenvalue weighted by Gasteiger charge is 2.35. The molecule has 0 unspecified atom stereocenters. The lowest BCUT2D eigenvalue weighted by Gasteiger charge is -2.41. The first kappa shape index (κ1) is 21.1. The zero-order valence-corrected chi connectivity index (χ0v) is 19.0. The molecule has 12 heteroatoms. The highest BCUT2D eigenvalue weighted by molar-refractivity contribution is 5.82. The lowest BCUT2D eigenvalue weighted by molar-refractivity contribution is -0.0803. The first-order valence-corrected chi connectivity index (χ1v) is 11.6. The van der Waals surface area contributed by atoms with Gasteiger partial charge in [-0.1, -0.05) is 0 Å². The van der Waals surface area contributed by atoms with Crippen molar-refractivity contribution in [2.75, 3.05) is 26.3 Å². The van der Waals surface area contributed by atoms with Crippen LogP contribution < -0.4 is 5.62 Å². The van der Waals surface area contributed by atoms with Crippen LogP contribution in [0.3, 0.4) is 0 Å². The van der Waals surface area contributed by atoms with Crippen molar-refractivity contribution in [3.8, 4) is 11.3 Å². The molecule has 9 nitrogen and oxygen atoms in total. The Kier molecular flexibility index (Phi) is 5.27. The average Bonchev–Trinajstić information content (AvgIpc) is 3.35. The molecule has 0 spiro atoms. The third-order valence-corrected chi connectivity index (χ3v) is 6.72. The number of piperidine rings is 1. The Balaban J connectivity index is 1.32. The van der Waals surface area contributed by atoms with E-state index in [4.69, 9.17) is 6.11 Å². The maximum atomic E-state index is 14.9. The van der Waals surface area contributed by atoms with Crippen LogP contribution in [0.15, 0.2) is 35.6 Å². The molecule has 2 atom stereocenters. The van der Waals surface area contributed by atoms with Gasteiger partial charge in [0.2, 0.25) is 5.62 Å². The summed E-state index contributed by atoms with van der Waals surface area (Å²) in [6.07, 6.45) is -1.44. The second kappa shape index (κ2) is 8.76. The molecule has 35 heavy (non-hydrogen) atoms. The molecule has 4 aromatic rings. The highest BCUT2D eigenvalue weighted by atomic mass is 19.3. The molecule has 0 bridgehead atoms. The van der Waals surface area contributed by atoms with Crippen molar-refractivity contribution in [2.24, 2.45) is 4.99 Å². The summed E-state index contributed by atoms with van der Waals surface area (Å²) in [4.78, 5) is 19.8. The normalized spacial score (nSPS) is 22.9. The molecule has 6 rings (SSSR count). The largest absolute Gasteiger partial charge is 0.378 e. The van der Waals surface area contributed by atoms with E-state index in [-0.39, 0.29) is 17.8 Å². The molecule has 0 amide bonds. The summed E-state index contributed by atoms with van der Waals surface area (Å²) in [7, 11) is 0. The van der Waals surface area contributed by atoms with E-state index in [1.165, 1.54) is 4.57 Å². The fourth-order valence-electron chi connectivity index (χ4n) is 4.75. The van der Waals surface area contributed by atoms with Gasteiger partial charge in [-0.25, -0.2) is 33.1 Å². The van der Waals surface area contributed by atoms with E-state index in [0.717, 1.165) is 6.54 Å². The van der Waals surface area contributed by atoms with Crippen molar-refractivity contribution >= 4 is 16.7 Å². The SMILES string of the molecule is [2H]c1nc(=N[C@H]2CCN(C3COC3)C[C@H]2F)[nH]n2ccc(-c3ccc4nc(C)n(CC(F)F)c4n3)c12. The third kappa shape index (κ3) is 4.10. The molecule has 0 aliphatic carbocycles. The van der Waals surface area contributed by atoms with Gasteiger partial charge in [-0.2, -0.15) is 0 Å². The maximum absolute atomic E-state index is 14.9. The molecule has 1 N–H and O–H groups in total. The van der Waals surface area contributed by atoms with Crippen LogP contribution in [0.25, 0.3) is 27.9 Å². The quantitative estimate of drug-likeness (QED) is 0.467. The Hall–Kier alpha value is -3.25. The number of halogens is 3. The second-order valence-corrected chi connectivity index (χ2v) is 8.99. The van der Waals surface area contributed by atoms with Gasteiger partial charge in [0, 0.05) is 24.8 Å². The zero-order valence-electron chi connectivity index (χ0n) is 20.0. The summed E-state index contributed by atoms with van der Waals surface area (Å²) in [5, 5.41) is 3.03. The topological polar surface area (TPSA) is 88.6 Å². The molecular formula is C23H25F3N8O. The van der Waals surface area contributed by atoms with Crippen LogP contribution in [0, 0.1) is 6.92 Å². The zero-order chi connectivity index (χ0) is 25.0. The number of pyridine rings is 1. The number of imidazole rings is 1. The van der Waals surface area contributed by atoms with Crippen LogP contribution in [0.1, 0.15) is 13.6 Å². The van der Waals surface area contributed by atoms with Crippen molar-refractivity contribution in [3.05, 3.63) is 42.0 Å². The minimum Gasteiger partial charge on any atom is -0.378 e. The number of likely N-dealkylation sites (tertiary alicyclic amines) is 1. The van der Waals surface area contributed by atoms with Crippen LogP contribution in [0.4, 0.5) is 13.2 Å².